The first-order chi connectivity index (χ1) is 13.1. The SMILES string of the molecule is Cc1cccc(OCCOc2ccc(C(=O)Nc3ccccc3Cl)cc2)c1. The number of carbonyl (C=O) groups is 1. The average molecular weight is 382 g/mol. The highest BCUT2D eigenvalue weighted by molar-refractivity contribution is 6.33. The Morgan fingerprint density at radius 2 is 1.59 bits per heavy atom. The first-order valence-corrected chi connectivity index (χ1v) is 8.98. The maximum Gasteiger partial charge on any atom is 0.255 e. The van der Waals surface area contributed by atoms with Gasteiger partial charge in [0, 0.05) is 5.56 Å². The lowest BCUT2D eigenvalue weighted by atomic mass is 10.2. The van der Waals surface area contributed by atoms with Crippen molar-refractivity contribution in [3.8, 4) is 11.5 Å². The topological polar surface area (TPSA) is 47.6 Å². The Hall–Kier alpha value is -2.98. The van der Waals surface area contributed by atoms with Gasteiger partial charge in [-0.1, -0.05) is 35.9 Å². The lowest BCUT2D eigenvalue weighted by Crippen LogP contribution is -2.12. The van der Waals surface area contributed by atoms with Gasteiger partial charge in [-0.3, -0.25) is 4.79 Å². The van der Waals surface area contributed by atoms with Crippen molar-refractivity contribution in [3.05, 3.63) is 88.9 Å². The van der Waals surface area contributed by atoms with Crippen LogP contribution < -0.4 is 14.8 Å². The number of nitrogens with one attached hydrogen (secondary N) is 1. The molecule has 0 aliphatic carbocycles. The molecule has 0 spiro atoms. The summed E-state index contributed by atoms with van der Waals surface area (Å²) in [6.45, 7) is 2.88. The number of carbonyl (C=O) groups excluding carboxylic acids is 1. The van der Waals surface area contributed by atoms with E-state index in [-0.39, 0.29) is 5.91 Å². The summed E-state index contributed by atoms with van der Waals surface area (Å²) in [5.74, 6) is 1.28. The largest absolute Gasteiger partial charge is 0.490 e. The van der Waals surface area contributed by atoms with Gasteiger partial charge in [-0.15, -0.1) is 0 Å². The van der Waals surface area contributed by atoms with E-state index in [4.69, 9.17) is 21.1 Å². The van der Waals surface area contributed by atoms with Crippen molar-refractivity contribution in [1.29, 1.82) is 0 Å². The summed E-state index contributed by atoms with van der Waals surface area (Å²) in [7, 11) is 0. The van der Waals surface area contributed by atoms with Crippen molar-refractivity contribution in [2.75, 3.05) is 18.5 Å². The van der Waals surface area contributed by atoms with Gasteiger partial charge in [0.15, 0.2) is 0 Å². The Morgan fingerprint density at radius 3 is 2.30 bits per heavy atom. The van der Waals surface area contributed by atoms with Crippen molar-refractivity contribution in [1.82, 2.24) is 0 Å². The number of aryl methyl sites for hydroxylation is 1. The van der Waals surface area contributed by atoms with Gasteiger partial charge in [-0.05, 0) is 61.0 Å². The number of benzene rings is 3. The zero-order chi connectivity index (χ0) is 19.1. The molecule has 0 saturated carbocycles. The van der Waals surface area contributed by atoms with Crippen molar-refractivity contribution >= 4 is 23.2 Å². The molecular formula is C22H20ClNO3. The minimum Gasteiger partial charge on any atom is -0.490 e. The summed E-state index contributed by atoms with van der Waals surface area (Å²) < 4.78 is 11.3. The van der Waals surface area contributed by atoms with Gasteiger partial charge in [0.2, 0.25) is 0 Å². The van der Waals surface area contributed by atoms with E-state index in [2.05, 4.69) is 5.32 Å². The molecule has 0 atom stereocenters. The number of amides is 1. The number of halogens is 1. The minimum absolute atomic E-state index is 0.225. The molecule has 3 rings (SSSR count). The zero-order valence-electron chi connectivity index (χ0n) is 14.9. The van der Waals surface area contributed by atoms with E-state index in [9.17, 15) is 4.79 Å². The molecule has 0 unspecified atom stereocenters. The Balaban J connectivity index is 1.48. The van der Waals surface area contributed by atoms with Crippen LogP contribution in [-0.4, -0.2) is 19.1 Å². The smallest absolute Gasteiger partial charge is 0.255 e. The van der Waals surface area contributed by atoms with Gasteiger partial charge >= 0.3 is 0 Å². The van der Waals surface area contributed by atoms with Gasteiger partial charge in [0.1, 0.15) is 24.7 Å². The Morgan fingerprint density at radius 1 is 0.889 bits per heavy atom. The van der Waals surface area contributed by atoms with E-state index in [1.807, 2.05) is 43.3 Å². The molecule has 138 valence electrons. The van der Waals surface area contributed by atoms with Crippen LogP contribution in [0.1, 0.15) is 15.9 Å². The third kappa shape index (κ3) is 5.50. The Labute approximate surface area is 163 Å². The summed E-state index contributed by atoms with van der Waals surface area (Å²) in [6, 6.07) is 21.9. The van der Waals surface area contributed by atoms with Crippen molar-refractivity contribution in [2.24, 2.45) is 0 Å². The second-order valence-corrected chi connectivity index (χ2v) is 6.38. The Bertz CT molecular complexity index is 909. The van der Waals surface area contributed by atoms with E-state index in [0.717, 1.165) is 11.3 Å². The van der Waals surface area contributed by atoms with Crippen molar-refractivity contribution < 1.29 is 14.3 Å². The quantitative estimate of drug-likeness (QED) is 0.560. The van der Waals surface area contributed by atoms with E-state index in [1.165, 1.54) is 0 Å². The highest BCUT2D eigenvalue weighted by Crippen LogP contribution is 2.21. The first kappa shape index (κ1) is 18.8. The van der Waals surface area contributed by atoms with Crippen LogP contribution in [0.4, 0.5) is 5.69 Å². The molecule has 1 N–H and O–H groups in total. The highest BCUT2D eigenvalue weighted by Gasteiger charge is 2.08. The van der Waals surface area contributed by atoms with Crippen LogP contribution >= 0.6 is 11.6 Å². The lowest BCUT2D eigenvalue weighted by molar-refractivity contribution is 0.102. The molecule has 0 bridgehead atoms. The van der Waals surface area contributed by atoms with Gasteiger partial charge in [0.25, 0.3) is 5.91 Å². The van der Waals surface area contributed by atoms with Crippen LogP contribution in [0.2, 0.25) is 5.02 Å². The molecule has 27 heavy (non-hydrogen) atoms. The average Bonchev–Trinajstić information content (AvgIpc) is 2.67. The predicted molar refractivity (Wildman–Crippen MR) is 108 cm³/mol. The molecule has 0 aliphatic heterocycles. The molecule has 0 saturated heterocycles. The first-order valence-electron chi connectivity index (χ1n) is 8.60. The predicted octanol–water partition coefficient (Wildman–Crippen LogP) is 5.36. The third-order valence-corrected chi connectivity index (χ3v) is 4.18. The number of ether oxygens (including phenoxy) is 2. The van der Waals surface area contributed by atoms with Crippen molar-refractivity contribution in [3.63, 3.8) is 0 Å². The maximum atomic E-state index is 12.3. The molecule has 0 fully saturated rings. The zero-order valence-corrected chi connectivity index (χ0v) is 15.7. The second kappa shape index (κ2) is 9.10. The van der Waals surface area contributed by atoms with Crippen LogP contribution in [0.15, 0.2) is 72.8 Å². The minimum atomic E-state index is -0.225. The third-order valence-electron chi connectivity index (χ3n) is 3.85. The lowest BCUT2D eigenvalue weighted by Gasteiger charge is -2.10. The number of rotatable bonds is 7. The van der Waals surface area contributed by atoms with E-state index in [1.54, 1.807) is 36.4 Å². The number of hydrogen-bond donors (Lipinski definition) is 1. The molecule has 3 aromatic carbocycles. The molecule has 1 amide bonds. The molecule has 0 heterocycles. The van der Waals surface area contributed by atoms with Crippen LogP contribution in [-0.2, 0) is 0 Å². The Kier molecular flexibility index (Phi) is 6.34. The summed E-state index contributed by atoms with van der Waals surface area (Å²) in [4.78, 5) is 12.3. The molecule has 5 heteroatoms. The molecule has 0 aliphatic rings. The van der Waals surface area contributed by atoms with E-state index < -0.39 is 0 Å². The van der Waals surface area contributed by atoms with Crippen LogP contribution in [0.25, 0.3) is 0 Å². The van der Waals surface area contributed by atoms with Gasteiger partial charge in [-0.2, -0.15) is 0 Å². The highest BCUT2D eigenvalue weighted by atomic mass is 35.5. The van der Waals surface area contributed by atoms with Crippen LogP contribution in [0.5, 0.6) is 11.5 Å². The fraction of sp³-hybridized carbons (Fsp3) is 0.136. The van der Waals surface area contributed by atoms with Crippen LogP contribution in [0, 0.1) is 6.92 Å². The summed E-state index contributed by atoms with van der Waals surface area (Å²) >= 11 is 6.06. The number of anilines is 1. The fourth-order valence-electron chi connectivity index (χ4n) is 2.48. The van der Waals surface area contributed by atoms with E-state index in [0.29, 0.717) is 35.2 Å². The molecule has 3 aromatic rings. The van der Waals surface area contributed by atoms with E-state index >= 15 is 0 Å². The van der Waals surface area contributed by atoms with Gasteiger partial charge in [0.05, 0.1) is 10.7 Å². The molecule has 0 aromatic heterocycles. The maximum absolute atomic E-state index is 12.3. The number of para-hydroxylation sites is 1. The molecule has 0 radical (unpaired) electrons. The fourth-order valence-corrected chi connectivity index (χ4v) is 2.67. The monoisotopic (exact) mass is 381 g/mol. The van der Waals surface area contributed by atoms with Crippen LogP contribution in [0.3, 0.4) is 0 Å². The standard InChI is InChI=1S/C22H20ClNO3/c1-16-5-4-6-19(15-16)27-14-13-26-18-11-9-17(10-12-18)22(25)24-21-8-3-2-7-20(21)23/h2-12,15H,13-14H2,1H3,(H,24,25). The van der Waals surface area contributed by atoms with Crippen molar-refractivity contribution in [2.45, 2.75) is 6.92 Å². The summed E-state index contributed by atoms with van der Waals surface area (Å²) in [6.07, 6.45) is 0. The van der Waals surface area contributed by atoms with Gasteiger partial charge in [-0.25, -0.2) is 0 Å². The second-order valence-electron chi connectivity index (χ2n) is 5.97. The summed E-state index contributed by atoms with van der Waals surface area (Å²) in [5, 5.41) is 3.29. The summed E-state index contributed by atoms with van der Waals surface area (Å²) in [5.41, 5.74) is 2.26. The molecular weight excluding hydrogens is 362 g/mol. The van der Waals surface area contributed by atoms with Gasteiger partial charge < -0.3 is 14.8 Å². The normalized spacial score (nSPS) is 10.3. The number of hydrogen-bond acceptors (Lipinski definition) is 3. The molecule has 4 nitrogen and oxygen atoms in total.